The molecule has 1 fully saturated rings. The van der Waals surface area contributed by atoms with Crippen LogP contribution in [0.2, 0.25) is 0 Å². The van der Waals surface area contributed by atoms with E-state index in [0.717, 1.165) is 15.6 Å². The molecule has 1 saturated heterocycles. The van der Waals surface area contributed by atoms with Crippen molar-refractivity contribution in [2.75, 3.05) is 4.90 Å². The fourth-order valence-electron chi connectivity index (χ4n) is 4.20. The van der Waals surface area contributed by atoms with Gasteiger partial charge >= 0.3 is 5.91 Å². The fourth-order valence-corrected chi connectivity index (χ4v) is 5.33. The van der Waals surface area contributed by atoms with Crippen LogP contribution in [0.1, 0.15) is 33.3 Å². The van der Waals surface area contributed by atoms with Gasteiger partial charge in [-0.05, 0) is 66.9 Å². The van der Waals surface area contributed by atoms with Gasteiger partial charge < -0.3 is 9.84 Å². The highest BCUT2D eigenvalue weighted by Gasteiger charge is 2.48. The van der Waals surface area contributed by atoms with Crippen LogP contribution in [0.3, 0.4) is 0 Å². The molecule has 0 spiro atoms. The predicted molar refractivity (Wildman–Crippen MR) is 146 cm³/mol. The van der Waals surface area contributed by atoms with E-state index >= 15 is 0 Å². The van der Waals surface area contributed by atoms with E-state index in [9.17, 15) is 14.7 Å². The van der Waals surface area contributed by atoms with Gasteiger partial charge in [0, 0.05) is 10.0 Å². The zero-order valence-electron chi connectivity index (χ0n) is 20.0. The van der Waals surface area contributed by atoms with Crippen molar-refractivity contribution in [2.24, 2.45) is 0 Å². The molecule has 1 aliphatic rings. The van der Waals surface area contributed by atoms with E-state index < -0.39 is 17.7 Å². The van der Waals surface area contributed by atoms with Gasteiger partial charge in [0.25, 0.3) is 5.78 Å². The minimum Gasteiger partial charge on any atom is -0.507 e. The maximum atomic E-state index is 13.2. The second-order valence-electron chi connectivity index (χ2n) is 8.57. The van der Waals surface area contributed by atoms with E-state index in [1.165, 1.54) is 16.2 Å². The molecule has 4 aromatic rings. The minimum absolute atomic E-state index is 0.00969. The van der Waals surface area contributed by atoms with Crippen LogP contribution in [0.25, 0.3) is 5.76 Å². The molecule has 0 aliphatic carbocycles. The summed E-state index contributed by atoms with van der Waals surface area (Å²) in [4.78, 5) is 27.7. The number of rotatable bonds is 6. The average Bonchev–Trinajstić information content (AvgIpc) is 3.43. The number of carbonyl (C=O) groups is 2. The molecular formula is C28H22BrN3O4S. The highest BCUT2D eigenvalue weighted by molar-refractivity contribution is 9.10. The maximum absolute atomic E-state index is 13.2. The van der Waals surface area contributed by atoms with Gasteiger partial charge in [0.15, 0.2) is 0 Å². The van der Waals surface area contributed by atoms with Gasteiger partial charge in [-0.25, -0.2) is 0 Å². The first kappa shape index (κ1) is 24.9. The lowest BCUT2D eigenvalue weighted by molar-refractivity contribution is -0.132. The zero-order valence-corrected chi connectivity index (χ0v) is 22.4. The van der Waals surface area contributed by atoms with Crippen LogP contribution in [-0.2, 0) is 16.2 Å². The van der Waals surface area contributed by atoms with E-state index in [0.29, 0.717) is 33.6 Å². The molecule has 9 heteroatoms. The summed E-state index contributed by atoms with van der Waals surface area (Å²) in [5, 5.41) is 20.4. The lowest BCUT2D eigenvalue weighted by Crippen LogP contribution is -2.29. The normalized spacial score (nSPS) is 16.8. The number of anilines is 1. The number of aromatic nitrogens is 2. The number of nitrogens with zero attached hydrogens (tertiary/aromatic N) is 3. The molecule has 0 radical (unpaired) electrons. The first-order valence-corrected chi connectivity index (χ1v) is 13.1. The summed E-state index contributed by atoms with van der Waals surface area (Å²) in [5.74, 6) is -1.19. The number of hydrogen-bond donors (Lipinski definition) is 1. The Morgan fingerprint density at radius 2 is 1.78 bits per heavy atom. The molecule has 1 amide bonds. The number of carbonyl (C=O) groups excluding carboxylic acids is 2. The molecule has 37 heavy (non-hydrogen) atoms. The van der Waals surface area contributed by atoms with Gasteiger partial charge in [-0.2, -0.15) is 0 Å². The van der Waals surface area contributed by atoms with Crippen molar-refractivity contribution in [3.8, 4) is 5.75 Å². The van der Waals surface area contributed by atoms with Crippen molar-refractivity contribution in [3.05, 3.63) is 110 Å². The Kier molecular flexibility index (Phi) is 6.90. The number of amides is 1. The number of aryl methyl sites for hydroxylation is 2. The Hall–Kier alpha value is -3.82. The minimum atomic E-state index is -0.859. The van der Waals surface area contributed by atoms with Crippen LogP contribution >= 0.6 is 27.3 Å². The van der Waals surface area contributed by atoms with Crippen LogP contribution in [-0.4, -0.2) is 27.0 Å². The standard InChI is InChI=1S/C28H22BrN3O4S/c1-16-6-3-4-7-20(16)15-36-22-12-10-18(11-13-22)25(33)23-24(19-8-5-9-21(29)14-19)32(27(35)26(23)34)28-31-30-17(2)37-28/h3-14,24,33H,15H2,1-2H3. The summed E-state index contributed by atoms with van der Waals surface area (Å²) in [5.41, 5.74) is 3.26. The number of ether oxygens (including phenoxy) is 1. The van der Waals surface area contributed by atoms with Gasteiger partial charge in [0.05, 0.1) is 11.6 Å². The van der Waals surface area contributed by atoms with Crippen LogP contribution in [0.4, 0.5) is 5.13 Å². The lowest BCUT2D eigenvalue weighted by atomic mass is 9.95. The van der Waals surface area contributed by atoms with Crippen molar-refractivity contribution in [1.29, 1.82) is 0 Å². The number of aliphatic hydroxyl groups excluding tert-OH is 1. The first-order valence-electron chi connectivity index (χ1n) is 11.5. The van der Waals surface area contributed by atoms with Crippen LogP contribution < -0.4 is 9.64 Å². The number of halogens is 1. The molecule has 1 atom stereocenters. The Bertz CT molecular complexity index is 1530. The van der Waals surface area contributed by atoms with Gasteiger partial charge in [-0.15, -0.1) is 10.2 Å². The lowest BCUT2D eigenvalue weighted by Gasteiger charge is -2.22. The Morgan fingerprint density at radius 1 is 1.03 bits per heavy atom. The molecule has 186 valence electrons. The summed E-state index contributed by atoms with van der Waals surface area (Å²) in [6.45, 7) is 4.21. The summed E-state index contributed by atoms with van der Waals surface area (Å²) < 4.78 is 6.68. The highest BCUT2D eigenvalue weighted by Crippen LogP contribution is 2.43. The zero-order chi connectivity index (χ0) is 26.1. The third kappa shape index (κ3) is 4.92. The van der Waals surface area contributed by atoms with E-state index in [2.05, 4.69) is 26.1 Å². The number of Topliss-reactive ketones (excluding diaryl/α,β-unsaturated/α-hetero) is 1. The van der Waals surface area contributed by atoms with E-state index in [4.69, 9.17) is 4.74 Å². The molecule has 5 rings (SSSR count). The van der Waals surface area contributed by atoms with Crippen molar-refractivity contribution >= 4 is 49.8 Å². The van der Waals surface area contributed by atoms with E-state index in [1.54, 1.807) is 37.3 Å². The first-order chi connectivity index (χ1) is 17.8. The largest absolute Gasteiger partial charge is 0.507 e. The Balaban J connectivity index is 1.51. The number of aliphatic hydroxyl groups is 1. The van der Waals surface area contributed by atoms with Crippen LogP contribution in [0, 0.1) is 13.8 Å². The maximum Gasteiger partial charge on any atom is 0.301 e. The molecule has 0 saturated carbocycles. The topological polar surface area (TPSA) is 92.6 Å². The molecular weight excluding hydrogens is 554 g/mol. The van der Waals surface area contributed by atoms with Crippen LogP contribution in [0.5, 0.6) is 5.75 Å². The molecule has 1 aliphatic heterocycles. The molecule has 1 unspecified atom stereocenters. The molecule has 0 bridgehead atoms. The van der Waals surface area contributed by atoms with Gasteiger partial charge in [-0.3, -0.25) is 14.5 Å². The predicted octanol–water partition coefficient (Wildman–Crippen LogP) is 6.12. The SMILES string of the molecule is Cc1nnc(N2C(=O)C(=O)C(=C(O)c3ccc(OCc4ccccc4C)cc3)C2c2cccc(Br)c2)s1. The molecule has 3 aromatic carbocycles. The number of benzene rings is 3. The van der Waals surface area contributed by atoms with Crippen molar-refractivity contribution in [2.45, 2.75) is 26.5 Å². The molecule has 1 aromatic heterocycles. The Morgan fingerprint density at radius 3 is 2.46 bits per heavy atom. The third-order valence-corrected chi connectivity index (χ3v) is 7.44. The molecule has 1 N–H and O–H groups in total. The van der Waals surface area contributed by atoms with Gasteiger partial charge in [0.1, 0.15) is 23.1 Å². The van der Waals surface area contributed by atoms with Crippen molar-refractivity contribution in [3.63, 3.8) is 0 Å². The van der Waals surface area contributed by atoms with Gasteiger partial charge in [0.2, 0.25) is 5.13 Å². The summed E-state index contributed by atoms with van der Waals surface area (Å²) >= 11 is 4.67. The monoisotopic (exact) mass is 575 g/mol. The highest BCUT2D eigenvalue weighted by atomic mass is 79.9. The van der Waals surface area contributed by atoms with E-state index in [1.807, 2.05) is 49.4 Å². The quantitative estimate of drug-likeness (QED) is 0.169. The second kappa shape index (κ2) is 10.3. The number of hydrogen-bond acceptors (Lipinski definition) is 7. The smallest absolute Gasteiger partial charge is 0.301 e. The summed E-state index contributed by atoms with van der Waals surface area (Å²) in [6.07, 6.45) is 0. The van der Waals surface area contributed by atoms with E-state index in [-0.39, 0.29) is 11.3 Å². The summed E-state index contributed by atoms with van der Waals surface area (Å²) in [6, 6.07) is 21.2. The van der Waals surface area contributed by atoms with Crippen molar-refractivity contribution < 1.29 is 19.4 Å². The third-order valence-electron chi connectivity index (χ3n) is 6.11. The van der Waals surface area contributed by atoms with Crippen LogP contribution in [0.15, 0.2) is 82.8 Å². The van der Waals surface area contributed by atoms with Crippen molar-refractivity contribution in [1.82, 2.24) is 10.2 Å². The average molecular weight is 576 g/mol. The Labute approximate surface area is 226 Å². The molecule has 7 nitrogen and oxygen atoms in total. The summed E-state index contributed by atoms with van der Waals surface area (Å²) in [7, 11) is 0. The fraction of sp³-hybridized carbons (Fsp3) is 0.143. The number of ketones is 1. The second-order valence-corrected chi connectivity index (χ2v) is 10.6. The van der Waals surface area contributed by atoms with Gasteiger partial charge in [-0.1, -0.05) is 63.7 Å². The molecule has 2 heterocycles.